The molecule has 25 heavy (non-hydrogen) atoms. The van der Waals surface area contributed by atoms with Crippen LogP contribution in [0, 0.1) is 5.92 Å². The van der Waals surface area contributed by atoms with Crippen molar-refractivity contribution < 1.29 is 9.59 Å². The van der Waals surface area contributed by atoms with Gasteiger partial charge in [0, 0.05) is 24.5 Å². The van der Waals surface area contributed by atoms with Gasteiger partial charge >= 0.3 is 0 Å². The fraction of sp³-hybridized carbons (Fsp3) is 0.368. The highest BCUT2D eigenvalue weighted by molar-refractivity contribution is 7.12. The molecule has 0 aromatic carbocycles. The van der Waals surface area contributed by atoms with Crippen molar-refractivity contribution in [3.05, 3.63) is 57.4 Å². The minimum absolute atomic E-state index is 0.0426. The summed E-state index contributed by atoms with van der Waals surface area (Å²) < 4.78 is 0. The number of hydrogen-bond donors (Lipinski definition) is 0. The molecule has 1 unspecified atom stereocenters. The van der Waals surface area contributed by atoms with Crippen LogP contribution in [0.15, 0.2) is 47.7 Å². The van der Waals surface area contributed by atoms with E-state index in [1.165, 1.54) is 11.3 Å². The van der Waals surface area contributed by atoms with Gasteiger partial charge in [0.2, 0.25) is 5.91 Å². The summed E-state index contributed by atoms with van der Waals surface area (Å²) in [5.74, 6) is 0.0376. The average molecular weight is 375 g/mol. The molecule has 1 atom stereocenters. The standard InChI is InChI=1S/C19H22N2O2S2/c1-2-9-20(14-16-7-4-11-24-16)18(22)15-6-3-10-21(13-15)19(23)17-8-5-12-25-17/h2,4-5,7-8,11-12,15H,1,3,6,9-10,13-14H2. The number of thiophene rings is 2. The summed E-state index contributed by atoms with van der Waals surface area (Å²) in [7, 11) is 0. The molecule has 0 aliphatic carbocycles. The van der Waals surface area contributed by atoms with Gasteiger partial charge in [0.1, 0.15) is 0 Å². The fourth-order valence-electron chi connectivity index (χ4n) is 3.16. The van der Waals surface area contributed by atoms with E-state index in [9.17, 15) is 9.59 Å². The van der Waals surface area contributed by atoms with E-state index in [1.807, 2.05) is 44.8 Å². The van der Waals surface area contributed by atoms with E-state index in [0.29, 0.717) is 19.6 Å². The zero-order chi connectivity index (χ0) is 17.6. The number of carbonyl (C=O) groups is 2. The average Bonchev–Trinajstić information content (AvgIpc) is 3.34. The SMILES string of the molecule is C=CCN(Cc1cccs1)C(=O)C1CCCN(C(=O)c2cccs2)C1. The first kappa shape index (κ1) is 17.9. The maximum Gasteiger partial charge on any atom is 0.263 e. The Labute approximate surface area is 156 Å². The Morgan fingerprint density at radius 1 is 1.28 bits per heavy atom. The second kappa shape index (κ2) is 8.45. The van der Waals surface area contributed by atoms with Crippen molar-refractivity contribution in [2.75, 3.05) is 19.6 Å². The van der Waals surface area contributed by atoms with Crippen molar-refractivity contribution >= 4 is 34.5 Å². The van der Waals surface area contributed by atoms with Gasteiger partial charge in [0.05, 0.1) is 17.3 Å². The zero-order valence-electron chi connectivity index (χ0n) is 14.1. The normalized spacial score (nSPS) is 17.3. The molecule has 3 heterocycles. The van der Waals surface area contributed by atoms with Crippen LogP contribution in [-0.2, 0) is 11.3 Å². The van der Waals surface area contributed by atoms with Gasteiger partial charge in [-0.1, -0.05) is 18.2 Å². The van der Waals surface area contributed by atoms with Crippen molar-refractivity contribution in [3.63, 3.8) is 0 Å². The van der Waals surface area contributed by atoms with Crippen LogP contribution in [0.1, 0.15) is 27.4 Å². The number of rotatable bonds is 6. The van der Waals surface area contributed by atoms with Crippen molar-refractivity contribution in [2.24, 2.45) is 5.92 Å². The predicted molar refractivity (Wildman–Crippen MR) is 103 cm³/mol. The summed E-state index contributed by atoms with van der Waals surface area (Å²) in [4.78, 5) is 31.2. The van der Waals surface area contributed by atoms with Crippen LogP contribution in [0.2, 0.25) is 0 Å². The number of piperidine rings is 1. The first-order valence-corrected chi connectivity index (χ1v) is 10.2. The van der Waals surface area contributed by atoms with Crippen LogP contribution in [-0.4, -0.2) is 41.2 Å². The van der Waals surface area contributed by atoms with Crippen LogP contribution in [0.3, 0.4) is 0 Å². The van der Waals surface area contributed by atoms with Gasteiger partial charge in [-0.3, -0.25) is 9.59 Å². The van der Waals surface area contributed by atoms with Crippen molar-refractivity contribution in [1.82, 2.24) is 9.80 Å². The van der Waals surface area contributed by atoms with Crippen molar-refractivity contribution in [3.8, 4) is 0 Å². The molecule has 132 valence electrons. The molecule has 3 rings (SSSR count). The van der Waals surface area contributed by atoms with Crippen LogP contribution in [0.5, 0.6) is 0 Å². The van der Waals surface area contributed by atoms with E-state index in [2.05, 4.69) is 6.58 Å². The van der Waals surface area contributed by atoms with Crippen LogP contribution < -0.4 is 0 Å². The molecule has 1 aliphatic heterocycles. The third-order valence-electron chi connectivity index (χ3n) is 4.38. The lowest BCUT2D eigenvalue weighted by Gasteiger charge is -2.34. The molecule has 0 spiro atoms. The Morgan fingerprint density at radius 2 is 2.08 bits per heavy atom. The summed E-state index contributed by atoms with van der Waals surface area (Å²) in [6, 6.07) is 7.77. The number of amides is 2. The monoisotopic (exact) mass is 374 g/mol. The minimum atomic E-state index is -0.127. The summed E-state index contributed by atoms with van der Waals surface area (Å²) in [5.41, 5.74) is 0. The third-order valence-corrected chi connectivity index (χ3v) is 6.10. The number of likely N-dealkylation sites (tertiary alicyclic amines) is 1. The van der Waals surface area contributed by atoms with Gasteiger partial charge in [-0.25, -0.2) is 0 Å². The van der Waals surface area contributed by atoms with Gasteiger partial charge in [-0.2, -0.15) is 0 Å². The highest BCUT2D eigenvalue weighted by atomic mass is 32.1. The maximum atomic E-state index is 13.0. The Kier molecular flexibility index (Phi) is 6.04. The molecular formula is C19H22N2O2S2. The highest BCUT2D eigenvalue weighted by Crippen LogP contribution is 2.23. The van der Waals surface area contributed by atoms with Gasteiger partial charge < -0.3 is 9.80 Å². The largest absolute Gasteiger partial charge is 0.337 e. The Bertz CT molecular complexity index is 710. The van der Waals surface area contributed by atoms with E-state index >= 15 is 0 Å². The van der Waals surface area contributed by atoms with Crippen LogP contribution in [0.4, 0.5) is 0 Å². The topological polar surface area (TPSA) is 40.6 Å². The smallest absolute Gasteiger partial charge is 0.263 e. The lowest BCUT2D eigenvalue weighted by molar-refractivity contribution is -0.137. The van der Waals surface area contributed by atoms with E-state index in [-0.39, 0.29) is 17.7 Å². The van der Waals surface area contributed by atoms with E-state index in [4.69, 9.17) is 0 Å². The van der Waals surface area contributed by atoms with E-state index in [0.717, 1.165) is 29.1 Å². The predicted octanol–water partition coefficient (Wildman–Crippen LogP) is 3.88. The zero-order valence-corrected chi connectivity index (χ0v) is 15.7. The summed E-state index contributed by atoms with van der Waals surface area (Å²) in [5, 5.41) is 3.93. The molecule has 4 nitrogen and oxygen atoms in total. The molecule has 1 fully saturated rings. The molecule has 0 saturated carbocycles. The lowest BCUT2D eigenvalue weighted by Crippen LogP contribution is -2.46. The molecule has 2 amide bonds. The van der Waals surface area contributed by atoms with Crippen LogP contribution in [0.25, 0.3) is 0 Å². The number of hydrogen-bond acceptors (Lipinski definition) is 4. The molecule has 2 aromatic rings. The second-order valence-electron chi connectivity index (χ2n) is 6.15. The highest BCUT2D eigenvalue weighted by Gasteiger charge is 2.31. The molecule has 1 saturated heterocycles. The molecule has 6 heteroatoms. The van der Waals surface area contributed by atoms with E-state index < -0.39 is 0 Å². The molecule has 1 aliphatic rings. The van der Waals surface area contributed by atoms with Gasteiger partial charge in [-0.15, -0.1) is 29.3 Å². The maximum absolute atomic E-state index is 13.0. The van der Waals surface area contributed by atoms with Gasteiger partial charge in [-0.05, 0) is 35.7 Å². The van der Waals surface area contributed by atoms with Gasteiger partial charge in [0.15, 0.2) is 0 Å². The molecular weight excluding hydrogens is 352 g/mol. The molecule has 0 N–H and O–H groups in total. The Hall–Kier alpha value is -1.92. The molecule has 0 radical (unpaired) electrons. The fourth-order valence-corrected chi connectivity index (χ4v) is 4.57. The summed E-state index contributed by atoms with van der Waals surface area (Å²) >= 11 is 3.11. The van der Waals surface area contributed by atoms with Crippen molar-refractivity contribution in [1.29, 1.82) is 0 Å². The molecule has 0 bridgehead atoms. The summed E-state index contributed by atoms with van der Waals surface area (Å²) in [6.45, 7) is 6.16. The molecule has 2 aromatic heterocycles. The Balaban J connectivity index is 1.67. The van der Waals surface area contributed by atoms with Gasteiger partial charge in [0.25, 0.3) is 5.91 Å². The Morgan fingerprint density at radius 3 is 2.76 bits per heavy atom. The number of nitrogens with zero attached hydrogens (tertiary/aromatic N) is 2. The van der Waals surface area contributed by atoms with E-state index in [1.54, 1.807) is 17.4 Å². The third kappa shape index (κ3) is 4.38. The minimum Gasteiger partial charge on any atom is -0.337 e. The summed E-state index contributed by atoms with van der Waals surface area (Å²) in [6.07, 6.45) is 3.47. The lowest BCUT2D eigenvalue weighted by atomic mass is 9.96. The number of carbonyl (C=O) groups excluding carboxylic acids is 2. The first-order chi connectivity index (χ1) is 12.2. The van der Waals surface area contributed by atoms with Crippen molar-refractivity contribution in [2.45, 2.75) is 19.4 Å². The first-order valence-electron chi connectivity index (χ1n) is 8.44. The second-order valence-corrected chi connectivity index (χ2v) is 8.13. The van der Waals surface area contributed by atoms with Crippen LogP contribution >= 0.6 is 22.7 Å². The quantitative estimate of drug-likeness (QED) is 0.720.